The Balaban J connectivity index is 1.31. The quantitative estimate of drug-likeness (QED) is 0.0772. The van der Waals surface area contributed by atoms with Gasteiger partial charge < -0.3 is 36.4 Å². The smallest absolute Gasteiger partial charge is 0.404 e. The molecule has 6 atom stereocenters. The van der Waals surface area contributed by atoms with E-state index in [1.165, 1.54) is 29.2 Å². The van der Waals surface area contributed by atoms with E-state index in [2.05, 4.69) is 25.8 Å². The minimum Gasteiger partial charge on any atom is -0.404 e. The summed E-state index contributed by atoms with van der Waals surface area (Å²) in [4.78, 5) is 101. The topological polar surface area (TPSA) is 247 Å². The van der Waals surface area contributed by atoms with Crippen LogP contribution in [0.3, 0.4) is 0 Å². The number of carbonyl (C=O) groups is 6. The molecule has 0 aromatic heterocycles. The van der Waals surface area contributed by atoms with Crippen LogP contribution in [-0.2, 0) is 52.7 Å². The molecule has 1 aliphatic heterocycles. The van der Waals surface area contributed by atoms with Crippen LogP contribution in [0, 0.1) is 17.8 Å². The summed E-state index contributed by atoms with van der Waals surface area (Å²) >= 11 is 0. The van der Waals surface area contributed by atoms with Crippen LogP contribution in [0.4, 0.5) is 0 Å². The van der Waals surface area contributed by atoms with Gasteiger partial charge in [-0.3, -0.25) is 38.6 Å². The summed E-state index contributed by atoms with van der Waals surface area (Å²) in [5, 5.41) is 11.2. The zero-order valence-electron chi connectivity index (χ0n) is 33.1. The van der Waals surface area contributed by atoms with Crippen molar-refractivity contribution in [3.05, 3.63) is 102 Å². The van der Waals surface area contributed by atoms with E-state index in [0.29, 0.717) is 18.4 Å². The van der Waals surface area contributed by atoms with Crippen molar-refractivity contribution < 1.29 is 47.6 Å². The zero-order valence-corrected chi connectivity index (χ0v) is 34.0. The number of carbonyl (C=O) groups excluding carboxylic acids is 6. The second-order valence-electron chi connectivity index (χ2n) is 15.6. The molecule has 8 N–H and O–H groups in total. The summed E-state index contributed by atoms with van der Waals surface area (Å²) in [7, 11) is -4.81. The Morgan fingerprint density at radius 2 is 1.44 bits per heavy atom. The lowest BCUT2D eigenvalue weighted by atomic mass is 9.99. The van der Waals surface area contributed by atoms with E-state index >= 15 is 0 Å². The highest BCUT2D eigenvalue weighted by Crippen LogP contribution is 2.50. The Morgan fingerprint density at radius 1 is 0.797 bits per heavy atom. The van der Waals surface area contributed by atoms with Crippen molar-refractivity contribution in [2.24, 2.45) is 23.5 Å². The van der Waals surface area contributed by atoms with Gasteiger partial charge in [0.15, 0.2) is 0 Å². The van der Waals surface area contributed by atoms with Crippen LogP contribution in [0.2, 0.25) is 0 Å². The number of fused-ring (bicyclic) bond motifs is 1. The molecule has 6 amide bonds. The van der Waals surface area contributed by atoms with E-state index in [9.17, 15) is 43.1 Å². The number of hydrogen-bond acceptors (Lipinski definition) is 8. The van der Waals surface area contributed by atoms with Gasteiger partial charge in [-0.15, -0.1) is 0 Å². The number of benzene rings is 3. The zero-order chi connectivity index (χ0) is 42.7. The Morgan fingerprint density at radius 3 is 2.05 bits per heavy atom. The van der Waals surface area contributed by atoms with E-state index in [1.54, 1.807) is 0 Å². The Labute approximate surface area is 343 Å². The molecule has 0 spiro atoms. The lowest BCUT2D eigenvalue weighted by Crippen LogP contribution is -2.59. The van der Waals surface area contributed by atoms with E-state index in [4.69, 9.17) is 5.73 Å². The molecule has 2 fully saturated rings. The maximum Gasteiger partial charge on any atom is 0.524 e. The van der Waals surface area contributed by atoms with E-state index < -0.39 is 67.4 Å². The van der Waals surface area contributed by atoms with Gasteiger partial charge in [-0.2, -0.15) is 0 Å². The second kappa shape index (κ2) is 20.4. The number of amides is 6. The fraction of sp³-hybridized carbons (Fsp3) is 0.429. The molecular weight excluding hydrogens is 779 g/mol. The molecule has 59 heavy (non-hydrogen) atoms. The average molecular weight is 833 g/mol. The van der Waals surface area contributed by atoms with Gasteiger partial charge in [0, 0.05) is 32.4 Å². The fourth-order valence-corrected chi connectivity index (χ4v) is 7.75. The maximum atomic E-state index is 14.4. The van der Waals surface area contributed by atoms with Gasteiger partial charge >= 0.3 is 7.82 Å². The van der Waals surface area contributed by atoms with Crippen molar-refractivity contribution in [3.8, 4) is 5.75 Å². The number of hydrogen-bond donors (Lipinski definition) is 7. The molecule has 16 nitrogen and oxygen atoms in total. The van der Waals surface area contributed by atoms with Crippen molar-refractivity contribution in [1.29, 1.82) is 0 Å². The van der Waals surface area contributed by atoms with Crippen molar-refractivity contribution in [1.82, 2.24) is 26.2 Å². The molecule has 2 aliphatic rings. The molecule has 316 valence electrons. The molecule has 1 saturated carbocycles. The largest absolute Gasteiger partial charge is 0.524 e. The van der Waals surface area contributed by atoms with Crippen molar-refractivity contribution in [3.63, 3.8) is 0 Å². The van der Waals surface area contributed by atoms with Crippen LogP contribution in [0.1, 0.15) is 62.6 Å². The molecule has 0 radical (unpaired) electrons. The number of likely N-dealkylation sites (tertiary alicyclic amines) is 1. The average Bonchev–Trinajstić information content (AvgIpc) is 3.85. The third-order valence-electron chi connectivity index (χ3n) is 10.4. The minimum atomic E-state index is -4.81. The minimum absolute atomic E-state index is 0.0282. The number of aryl methyl sites for hydroxylation is 1. The first-order valence-corrected chi connectivity index (χ1v) is 21.3. The monoisotopic (exact) mass is 832 g/mol. The van der Waals surface area contributed by atoms with Gasteiger partial charge in [0.1, 0.15) is 29.9 Å². The van der Waals surface area contributed by atoms with Gasteiger partial charge in [-0.05, 0) is 72.3 Å². The van der Waals surface area contributed by atoms with Crippen LogP contribution >= 0.6 is 7.82 Å². The van der Waals surface area contributed by atoms with Crippen molar-refractivity contribution in [2.45, 2.75) is 89.5 Å². The van der Waals surface area contributed by atoms with Crippen molar-refractivity contribution >= 4 is 43.3 Å². The van der Waals surface area contributed by atoms with Crippen LogP contribution in [0.25, 0.3) is 0 Å². The Bertz CT molecular complexity index is 2000. The van der Waals surface area contributed by atoms with Crippen molar-refractivity contribution in [2.75, 3.05) is 6.54 Å². The number of primary amides is 1. The van der Waals surface area contributed by atoms with Gasteiger partial charge in [0.25, 0.3) is 0 Å². The van der Waals surface area contributed by atoms with Gasteiger partial charge in [0.2, 0.25) is 35.4 Å². The SMILES string of the molecule is CC(C)C[C@H](NC(=O)[C@H](Cc1ccc(OP(=O)(O)O)cc1)NC(=O)CCc1ccccc1)C(=O)N1C[C@H]2C[C@H]2[C@H]1C(=O)N[C@@H](CCC(N)=O)C(=O)NCc1ccccc1. The molecule has 0 unspecified atom stereocenters. The number of phosphoric ester groups is 1. The number of nitrogens with two attached hydrogens (primary N) is 1. The van der Waals surface area contributed by atoms with Gasteiger partial charge in [-0.1, -0.05) is 86.6 Å². The summed E-state index contributed by atoms with van der Waals surface area (Å²) in [5.41, 5.74) is 7.70. The third-order valence-corrected chi connectivity index (χ3v) is 10.8. The number of phosphoric acid groups is 1. The van der Waals surface area contributed by atoms with E-state index in [1.807, 2.05) is 74.5 Å². The summed E-state index contributed by atoms with van der Waals surface area (Å²) < 4.78 is 16.0. The number of rotatable bonds is 21. The molecule has 1 aliphatic carbocycles. The Kier molecular flexibility index (Phi) is 15.4. The summed E-state index contributed by atoms with van der Waals surface area (Å²) in [5.74, 6) is -3.44. The number of nitrogens with one attached hydrogen (secondary N) is 4. The predicted octanol–water partition coefficient (Wildman–Crippen LogP) is 2.26. The molecule has 17 heteroatoms. The summed E-state index contributed by atoms with van der Waals surface area (Å²) in [6, 6.07) is 20.0. The second-order valence-corrected chi connectivity index (χ2v) is 16.8. The number of nitrogens with zero attached hydrogens (tertiary/aromatic N) is 1. The van der Waals surface area contributed by atoms with Gasteiger partial charge in [0.05, 0.1) is 0 Å². The maximum absolute atomic E-state index is 14.4. The highest BCUT2D eigenvalue weighted by molar-refractivity contribution is 7.46. The summed E-state index contributed by atoms with van der Waals surface area (Å²) in [6.45, 7) is 4.25. The molecule has 1 heterocycles. The highest BCUT2D eigenvalue weighted by Gasteiger charge is 2.57. The summed E-state index contributed by atoms with van der Waals surface area (Å²) in [6.07, 6.45) is 1.21. The van der Waals surface area contributed by atoms with E-state index in [0.717, 1.165) is 11.1 Å². The van der Waals surface area contributed by atoms with Crippen LogP contribution < -0.4 is 31.5 Å². The first-order valence-electron chi connectivity index (χ1n) is 19.7. The van der Waals surface area contributed by atoms with Crippen LogP contribution in [-0.4, -0.2) is 80.8 Å². The first kappa shape index (κ1) is 44.5. The lowest BCUT2D eigenvalue weighted by molar-refractivity contribution is -0.143. The fourth-order valence-electron chi connectivity index (χ4n) is 7.35. The standard InChI is InChI=1S/C42H53N6O10P/c1-26(2)21-35(47-40(52)34(45-37(50)20-15-27-9-5-3-6-10-27)22-28-13-16-31(17-14-28)58-59(55,56)57)42(54)48-25-30-23-32(30)38(48)41(53)46-33(18-19-36(43)49)39(51)44-24-29-11-7-4-8-12-29/h3-14,16-17,26,30,32-35,38H,15,18-25H2,1-2H3,(H2,43,49)(H,44,51)(H,45,50)(H,46,53)(H,47,52)(H2,55,56,57)/t30-,32-,33+,34+,35+,38+/m1/s1. The highest BCUT2D eigenvalue weighted by atomic mass is 31.2. The van der Waals surface area contributed by atoms with Crippen LogP contribution in [0.15, 0.2) is 84.9 Å². The molecule has 5 rings (SSSR count). The molecule has 3 aromatic carbocycles. The first-order chi connectivity index (χ1) is 28.1. The number of piperidine rings is 1. The van der Waals surface area contributed by atoms with Gasteiger partial charge in [-0.25, -0.2) is 4.57 Å². The lowest BCUT2D eigenvalue weighted by Gasteiger charge is -2.33. The molecule has 0 bridgehead atoms. The molecule has 3 aromatic rings. The van der Waals surface area contributed by atoms with E-state index in [-0.39, 0.29) is 68.7 Å². The third kappa shape index (κ3) is 13.8. The molecular formula is C42H53N6O10P. The van der Waals surface area contributed by atoms with Crippen LogP contribution in [0.5, 0.6) is 5.75 Å². The Hall–Kier alpha value is -5.57. The molecule has 1 saturated heterocycles. The normalized spacial score (nSPS) is 18.5. The predicted molar refractivity (Wildman–Crippen MR) is 217 cm³/mol.